The topological polar surface area (TPSA) is 34.0 Å². The van der Waals surface area contributed by atoms with Crippen LogP contribution in [0.25, 0.3) is 10.2 Å². The fourth-order valence-electron chi connectivity index (χ4n) is 2.81. The van der Waals surface area contributed by atoms with E-state index in [2.05, 4.69) is 11.4 Å². The standard InChI is InChI=1S/C18H17FN2OS/c1-11-8-15-17(23-11)9-16(18(22)20-13-6-7-13)21(15)10-12-4-2-3-5-14(12)19/h2-5,8-9,13H,6-7,10H2,1H3,(H,20,22). The van der Waals surface area contributed by atoms with Gasteiger partial charge in [-0.25, -0.2) is 4.39 Å². The fourth-order valence-corrected chi connectivity index (χ4v) is 3.77. The van der Waals surface area contributed by atoms with Gasteiger partial charge in [-0.05, 0) is 38.0 Å². The molecule has 0 atom stereocenters. The highest BCUT2D eigenvalue weighted by molar-refractivity contribution is 7.19. The van der Waals surface area contributed by atoms with E-state index in [1.807, 2.05) is 23.6 Å². The van der Waals surface area contributed by atoms with Crippen LogP contribution in [0.15, 0.2) is 36.4 Å². The first kappa shape index (κ1) is 14.5. The number of nitrogens with one attached hydrogen (secondary N) is 1. The number of nitrogens with zero attached hydrogens (tertiary/aromatic N) is 1. The second kappa shape index (κ2) is 5.49. The van der Waals surface area contributed by atoms with Crippen molar-refractivity contribution in [3.63, 3.8) is 0 Å². The van der Waals surface area contributed by atoms with Gasteiger partial charge in [-0.15, -0.1) is 11.3 Å². The number of fused-ring (bicyclic) bond motifs is 1. The van der Waals surface area contributed by atoms with Gasteiger partial charge in [0.1, 0.15) is 11.5 Å². The number of carbonyl (C=O) groups is 1. The normalized spacial score (nSPS) is 14.3. The second-order valence-corrected chi connectivity index (χ2v) is 7.35. The number of thiophene rings is 1. The molecule has 1 amide bonds. The molecule has 0 unspecified atom stereocenters. The average molecular weight is 328 g/mol. The Labute approximate surface area is 137 Å². The third kappa shape index (κ3) is 2.77. The van der Waals surface area contributed by atoms with Crippen LogP contribution in [-0.4, -0.2) is 16.5 Å². The number of aromatic nitrogens is 1. The minimum atomic E-state index is -0.241. The molecular formula is C18H17FN2OS. The smallest absolute Gasteiger partial charge is 0.268 e. The van der Waals surface area contributed by atoms with Crippen LogP contribution >= 0.6 is 11.3 Å². The van der Waals surface area contributed by atoms with Gasteiger partial charge < -0.3 is 9.88 Å². The van der Waals surface area contributed by atoms with E-state index in [-0.39, 0.29) is 11.7 Å². The molecular weight excluding hydrogens is 311 g/mol. The molecule has 1 aliphatic carbocycles. The van der Waals surface area contributed by atoms with Crippen molar-refractivity contribution in [2.75, 3.05) is 0 Å². The van der Waals surface area contributed by atoms with Crippen LogP contribution in [0, 0.1) is 12.7 Å². The van der Waals surface area contributed by atoms with Gasteiger partial charge in [0.05, 0.1) is 16.8 Å². The maximum absolute atomic E-state index is 14.0. The first-order valence-corrected chi connectivity index (χ1v) is 8.57. The Balaban J connectivity index is 1.77. The molecule has 23 heavy (non-hydrogen) atoms. The largest absolute Gasteiger partial charge is 0.348 e. The van der Waals surface area contributed by atoms with Crippen LogP contribution in [0.2, 0.25) is 0 Å². The average Bonchev–Trinajstić information content (AvgIpc) is 3.16. The summed E-state index contributed by atoms with van der Waals surface area (Å²) in [5.74, 6) is -0.306. The molecule has 5 heteroatoms. The lowest BCUT2D eigenvalue weighted by atomic mass is 10.2. The number of amides is 1. The van der Waals surface area contributed by atoms with Gasteiger partial charge in [-0.1, -0.05) is 18.2 Å². The van der Waals surface area contributed by atoms with Crippen molar-refractivity contribution >= 4 is 27.5 Å². The molecule has 0 saturated heterocycles. The highest BCUT2D eigenvalue weighted by atomic mass is 32.1. The molecule has 0 radical (unpaired) electrons. The summed E-state index contributed by atoms with van der Waals surface area (Å²) in [6, 6.07) is 11.0. The zero-order chi connectivity index (χ0) is 16.0. The second-order valence-electron chi connectivity index (χ2n) is 6.06. The van der Waals surface area contributed by atoms with Crippen LogP contribution < -0.4 is 5.32 Å². The highest BCUT2D eigenvalue weighted by Crippen LogP contribution is 2.30. The van der Waals surface area contributed by atoms with E-state index in [0.717, 1.165) is 23.1 Å². The van der Waals surface area contributed by atoms with Crippen LogP contribution in [0.5, 0.6) is 0 Å². The van der Waals surface area contributed by atoms with E-state index in [1.165, 1.54) is 10.9 Å². The monoisotopic (exact) mass is 328 g/mol. The van der Waals surface area contributed by atoms with Crippen molar-refractivity contribution in [1.29, 1.82) is 0 Å². The van der Waals surface area contributed by atoms with Crippen molar-refractivity contribution in [1.82, 2.24) is 9.88 Å². The number of benzene rings is 1. The molecule has 118 valence electrons. The lowest BCUT2D eigenvalue weighted by Gasteiger charge is -2.11. The van der Waals surface area contributed by atoms with Crippen LogP contribution in [0.1, 0.15) is 33.8 Å². The maximum atomic E-state index is 14.0. The van der Waals surface area contributed by atoms with E-state index in [4.69, 9.17) is 0 Å². The van der Waals surface area contributed by atoms with Crippen molar-refractivity contribution in [3.05, 3.63) is 58.3 Å². The third-order valence-corrected chi connectivity index (χ3v) is 5.13. The Kier molecular flexibility index (Phi) is 3.45. The Morgan fingerprint density at radius 1 is 1.35 bits per heavy atom. The first-order valence-electron chi connectivity index (χ1n) is 7.76. The molecule has 0 bridgehead atoms. The lowest BCUT2D eigenvalue weighted by Crippen LogP contribution is -2.27. The van der Waals surface area contributed by atoms with Crippen LogP contribution in [-0.2, 0) is 6.54 Å². The number of carbonyl (C=O) groups excluding carboxylic acids is 1. The molecule has 0 spiro atoms. The highest BCUT2D eigenvalue weighted by Gasteiger charge is 2.26. The Morgan fingerprint density at radius 3 is 2.87 bits per heavy atom. The Bertz CT molecular complexity index is 892. The van der Waals surface area contributed by atoms with Gasteiger partial charge in [-0.2, -0.15) is 0 Å². The van der Waals surface area contributed by atoms with Gasteiger partial charge >= 0.3 is 0 Å². The van der Waals surface area contributed by atoms with E-state index in [9.17, 15) is 9.18 Å². The number of aryl methyl sites for hydroxylation is 1. The summed E-state index contributed by atoms with van der Waals surface area (Å²) in [7, 11) is 0. The van der Waals surface area contributed by atoms with Gasteiger partial charge in [0.2, 0.25) is 0 Å². The molecule has 0 aliphatic heterocycles. The Morgan fingerprint density at radius 2 is 2.13 bits per heavy atom. The molecule has 4 rings (SSSR count). The van der Waals surface area contributed by atoms with Crippen molar-refractivity contribution < 1.29 is 9.18 Å². The minimum absolute atomic E-state index is 0.0649. The number of hydrogen-bond acceptors (Lipinski definition) is 2. The van der Waals surface area contributed by atoms with Crippen molar-refractivity contribution in [2.45, 2.75) is 32.4 Å². The molecule has 3 aromatic rings. The predicted octanol–water partition coefficient (Wildman–Crippen LogP) is 4.09. The number of rotatable bonds is 4. The minimum Gasteiger partial charge on any atom is -0.348 e. The van der Waals surface area contributed by atoms with Gasteiger partial charge in [-0.3, -0.25) is 4.79 Å². The summed E-state index contributed by atoms with van der Waals surface area (Å²) in [6.45, 7) is 2.40. The van der Waals surface area contributed by atoms with E-state index < -0.39 is 0 Å². The van der Waals surface area contributed by atoms with Gasteiger partial charge in [0.25, 0.3) is 5.91 Å². The third-order valence-electron chi connectivity index (χ3n) is 4.14. The fraction of sp³-hybridized carbons (Fsp3) is 0.278. The summed E-state index contributed by atoms with van der Waals surface area (Å²) in [4.78, 5) is 13.7. The first-order chi connectivity index (χ1) is 11.1. The molecule has 2 heterocycles. The molecule has 1 aliphatic rings. The summed E-state index contributed by atoms with van der Waals surface area (Å²) >= 11 is 1.66. The molecule has 1 aromatic carbocycles. The maximum Gasteiger partial charge on any atom is 0.268 e. The van der Waals surface area contributed by atoms with E-state index >= 15 is 0 Å². The molecule has 2 aromatic heterocycles. The summed E-state index contributed by atoms with van der Waals surface area (Å²) < 4.78 is 17.0. The zero-order valence-electron chi connectivity index (χ0n) is 12.8. The summed E-state index contributed by atoms with van der Waals surface area (Å²) in [5.41, 5.74) is 2.20. The quantitative estimate of drug-likeness (QED) is 0.769. The number of halogens is 1. The van der Waals surface area contributed by atoms with Gasteiger partial charge in [0, 0.05) is 16.5 Å². The van der Waals surface area contributed by atoms with Crippen molar-refractivity contribution in [2.24, 2.45) is 0 Å². The molecule has 1 saturated carbocycles. The SMILES string of the molecule is Cc1cc2c(cc(C(=O)NC3CC3)n2Cc2ccccc2F)s1. The van der Waals surface area contributed by atoms with Crippen molar-refractivity contribution in [3.8, 4) is 0 Å². The molecule has 3 nitrogen and oxygen atoms in total. The Hall–Kier alpha value is -2.14. The van der Waals surface area contributed by atoms with Crippen LogP contribution in [0.4, 0.5) is 4.39 Å². The zero-order valence-corrected chi connectivity index (χ0v) is 13.6. The lowest BCUT2D eigenvalue weighted by molar-refractivity contribution is 0.0942. The van der Waals surface area contributed by atoms with Gasteiger partial charge in [0.15, 0.2) is 0 Å². The number of hydrogen-bond donors (Lipinski definition) is 1. The van der Waals surface area contributed by atoms with E-state index in [0.29, 0.717) is 23.8 Å². The molecule has 1 fully saturated rings. The summed E-state index contributed by atoms with van der Waals surface area (Å²) in [5, 5.41) is 3.03. The molecule has 1 N–H and O–H groups in total. The van der Waals surface area contributed by atoms with Crippen LogP contribution in [0.3, 0.4) is 0 Å². The predicted molar refractivity (Wildman–Crippen MR) is 90.5 cm³/mol. The van der Waals surface area contributed by atoms with E-state index in [1.54, 1.807) is 23.5 Å². The summed E-state index contributed by atoms with van der Waals surface area (Å²) in [6.07, 6.45) is 2.10.